The highest BCUT2D eigenvalue weighted by atomic mass is 35.5. The van der Waals surface area contributed by atoms with E-state index in [0.717, 1.165) is 29.5 Å². The van der Waals surface area contributed by atoms with Gasteiger partial charge in [0.15, 0.2) is 0 Å². The molecule has 1 aromatic rings. The van der Waals surface area contributed by atoms with E-state index in [4.69, 9.17) is 0 Å². The van der Waals surface area contributed by atoms with Crippen LogP contribution in [0, 0.1) is 20.8 Å². The molecule has 0 spiro atoms. The Kier molecular flexibility index (Phi) is 5.22. The Hall–Kier alpha value is -0.620. The summed E-state index contributed by atoms with van der Waals surface area (Å²) in [6.07, 6.45) is 4.15. The molecule has 2 bridgehead atoms. The summed E-state index contributed by atoms with van der Waals surface area (Å²) in [5, 5.41) is 3.54. The minimum Gasteiger partial charge on any atom is -0.311 e. The molecule has 2 fully saturated rings. The number of rotatable bonds is 3. The van der Waals surface area contributed by atoms with E-state index in [2.05, 4.69) is 10.0 Å². The standard InChI is InChI=1S/C16H24N2O2S.ClH/c1-10-6-11(2)16(12(3)7-10)21(19,20)18-15-8-13-4-5-14(9-15)17-13;/h6-7,13-15,17-18H,4-5,8-9H2,1-3H3;1H. The third-order valence-corrected chi connectivity index (χ3v) is 6.49. The van der Waals surface area contributed by atoms with Crippen LogP contribution in [0.1, 0.15) is 42.4 Å². The lowest BCUT2D eigenvalue weighted by atomic mass is 10.0. The van der Waals surface area contributed by atoms with E-state index < -0.39 is 10.0 Å². The van der Waals surface area contributed by atoms with Gasteiger partial charge in [0.2, 0.25) is 10.0 Å². The minimum atomic E-state index is -3.43. The number of hydrogen-bond donors (Lipinski definition) is 2. The lowest BCUT2D eigenvalue weighted by Crippen LogP contribution is -2.48. The molecule has 2 unspecified atom stereocenters. The zero-order valence-corrected chi connectivity index (χ0v) is 15.0. The fourth-order valence-corrected chi connectivity index (χ4v) is 5.74. The van der Waals surface area contributed by atoms with Gasteiger partial charge in [0.05, 0.1) is 4.90 Å². The molecule has 2 N–H and O–H groups in total. The van der Waals surface area contributed by atoms with Crippen LogP contribution in [0.4, 0.5) is 0 Å². The Morgan fingerprint density at radius 3 is 2.05 bits per heavy atom. The molecule has 0 radical (unpaired) electrons. The maximum atomic E-state index is 12.8. The fraction of sp³-hybridized carbons (Fsp3) is 0.625. The Bertz CT molecular complexity index is 625. The molecule has 2 aliphatic rings. The molecule has 0 saturated carbocycles. The van der Waals surface area contributed by atoms with Crippen LogP contribution in [0.15, 0.2) is 17.0 Å². The Morgan fingerprint density at radius 1 is 1.05 bits per heavy atom. The van der Waals surface area contributed by atoms with E-state index in [1.807, 2.05) is 32.9 Å². The van der Waals surface area contributed by atoms with Crippen molar-refractivity contribution in [3.63, 3.8) is 0 Å². The number of aryl methyl sites for hydroxylation is 3. The average molecular weight is 345 g/mol. The molecule has 22 heavy (non-hydrogen) atoms. The van der Waals surface area contributed by atoms with Crippen LogP contribution in [-0.2, 0) is 10.0 Å². The van der Waals surface area contributed by atoms with E-state index in [1.165, 1.54) is 12.8 Å². The normalized spacial score (nSPS) is 27.5. The van der Waals surface area contributed by atoms with Crippen molar-refractivity contribution in [2.45, 2.75) is 69.5 Å². The van der Waals surface area contributed by atoms with E-state index in [1.54, 1.807) is 0 Å². The van der Waals surface area contributed by atoms with E-state index >= 15 is 0 Å². The summed E-state index contributed by atoms with van der Waals surface area (Å²) in [5.74, 6) is 0. The molecular formula is C16H25ClN2O2S. The van der Waals surface area contributed by atoms with Gasteiger partial charge in [-0.2, -0.15) is 0 Å². The summed E-state index contributed by atoms with van der Waals surface area (Å²) in [7, 11) is -3.43. The molecule has 3 rings (SSSR count). The largest absolute Gasteiger partial charge is 0.311 e. The van der Waals surface area contributed by atoms with E-state index in [9.17, 15) is 8.42 Å². The number of piperidine rings is 1. The van der Waals surface area contributed by atoms with Crippen LogP contribution >= 0.6 is 12.4 Å². The maximum absolute atomic E-state index is 12.8. The number of sulfonamides is 1. The molecule has 1 aromatic carbocycles. The van der Waals surface area contributed by atoms with Gasteiger partial charge in [-0.05, 0) is 57.6 Å². The van der Waals surface area contributed by atoms with Gasteiger partial charge in [-0.1, -0.05) is 17.7 Å². The quantitative estimate of drug-likeness (QED) is 0.886. The molecule has 0 amide bonds. The first kappa shape index (κ1) is 17.7. The Balaban J connectivity index is 0.00000176. The van der Waals surface area contributed by atoms with E-state index in [0.29, 0.717) is 17.0 Å². The van der Waals surface area contributed by atoms with Gasteiger partial charge in [-0.3, -0.25) is 0 Å². The summed E-state index contributed by atoms with van der Waals surface area (Å²) < 4.78 is 28.5. The van der Waals surface area contributed by atoms with Gasteiger partial charge in [0, 0.05) is 18.1 Å². The van der Waals surface area contributed by atoms with Gasteiger partial charge in [-0.15, -0.1) is 12.4 Å². The van der Waals surface area contributed by atoms with Crippen LogP contribution in [0.25, 0.3) is 0 Å². The summed E-state index contributed by atoms with van der Waals surface area (Å²) >= 11 is 0. The fourth-order valence-electron chi connectivity index (χ4n) is 4.02. The summed E-state index contributed by atoms with van der Waals surface area (Å²) in [4.78, 5) is 0.457. The molecule has 4 nitrogen and oxygen atoms in total. The van der Waals surface area contributed by atoms with Gasteiger partial charge in [-0.25, -0.2) is 13.1 Å². The summed E-state index contributed by atoms with van der Waals surface area (Å²) in [5.41, 5.74) is 2.76. The van der Waals surface area contributed by atoms with Crippen LogP contribution in [0.5, 0.6) is 0 Å². The van der Waals surface area contributed by atoms with Crippen molar-refractivity contribution < 1.29 is 8.42 Å². The molecule has 2 aliphatic heterocycles. The van der Waals surface area contributed by atoms with E-state index in [-0.39, 0.29) is 18.4 Å². The van der Waals surface area contributed by atoms with Crippen LogP contribution in [0.2, 0.25) is 0 Å². The maximum Gasteiger partial charge on any atom is 0.241 e. The number of hydrogen-bond acceptors (Lipinski definition) is 3. The van der Waals surface area contributed by atoms with Crippen LogP contribution in [0.3, 0.4) is 0 Å². The third-order valence-electron chi connectivity index (χ3n) is 4.67. The highest BCUT2D eigenvalue weighted by Crippen LogP contribution is 2.29. The van der Waals surface area contributed by atoms with Gasteiger partial charge in [0.1, 0.15) is 0 Å². The highest BCUT2D eigenvalue weighted by Gasteiger charge is 2.35. The van der Waals surface area contributed by atoms with Gasteiger partial charge >= 0.3 is 0 Å². The second-order valence-corrected chi connectivity index (χ2v) is 8.31. The van der Waals surface area contributed by atoms with Crippen molar-refractivity contribution in [3.8, 4) is 0 Å². The first-order valence-electron chi connectivity index (χ1n) is 7.71. The summed E-state index contributed by atoms with van der Waals surface area (Å²) in [6, 6.07) is 4.91. The minimum absolute atomic E-state index is 0. The van der Waals surface area contributed by atoms with Crippen molar-refractivity contribution in [1.82, 2.24) is 10.0 Å². The first-order valence-corrected chi connectivity index (χ1v) is 9.19. The zero-order chi connectivity index (χ0) is 15.2. The molecule has 124 valence electrons. The van der Waals surface area contributed by atoms with Gasteiger partial charge < -0.3 is 5.32 Å². The third kappa shape index (κ3) is 3.48. The summed E-state index contributed by atoms with van der Waals surface area (Å²) in [6.45, 7) is 5.75. The predicted molar refractivity (Wildman–Crippen MR) is 91.2 cm³/mol. The van der Waals surface area contributed by atoms with Crippen LogP contribution < -0.4 is 10.0 Å². The molecule has 0 aromatic heterocycles. The smallest absolute Gasteiger partial charge is 0.241 e. The number of benzene rings is 1. The molecule has 2 saturated heterocycles. The van der Waals surface area contributed by atoms with Crippen molar-refractivity contribution in [1.29, 1.82) is 0 Å². The zero-order valence-electron chi connectivity index (χ0n) is 13.3. The first-order chi connectivity index (χ1) is 9.85. The second kappa shape index (κ2) is 6.48. The number of nitrogens with one attached hydrogen (secondary N) is 2. The topological polar surface area (TPSA) is 58.2 Å². The highest BCUT2D eigenvalue weighted by molar-refractivity contribution is 7.89. The Morgan fingerprint density at radius 2 is 1.55 bits per heavy atom. The monoisotopic (exact) mass is 344 g/mol. The number of halogens is 1. The van der Waals surface area contributed by atoms with Crippen molar-refractivity contribution >= 4 is 22.4 Å². The molecule has 0 aliphatic carbocycles. The SMILES string of the molecule is Cc1cc(C)c(S(=O)(=O)NC2CC3CCC(C2)N3)c(C)c1.Cl. The molecule has 6 heteroatoms. The average Bonchev–Trinajstić information content (AvgIpc) is 2.66. The number of fused-ring (bicyclic) bond motifs is 2. The van der Waals surface area contributed by atoms with Crippen LogP contribution in [-0.4, -0.2) is 26.5 Å². The predicted octanol–water partition coefficient (Wildman–Crippen LogP) is 2.59. The van der Waals surface area contributed by atoms with Crippen molar-refractivity contribution in [2.75, 3.05) is 0 Å². The molecular weight excluding hydrogens is 320 g/mol. The lowest BCUT2D eigenvalue weighted by Gasteiger charge is -2.29. The molecule has 2 atom stereocenters. The Labute approximate surface area is 139 Å². The molecule has 2 heterocycles. The van der Waals surface area contributed by atoms with Gasteiger partial charge in [0.25, 0.3) is 0 Å². The van der Waals surface area contributed by atoms with Crippen molar-refractivity contribution in [3.05, 3.63) is 28.8 Å². The lowest BCUT2D eigenvalue weighted by molar-refractivity contribution is 0.345. The second-order valence-electron chi connectivity index (χ2n) is 6.66. The van der Waals surface area contributed by atoms with Crippen molar-refractivity contribution in [2.24, 2.45) is 0 Å².